The molecule has 3 rings (SSSR count). The maximum atomic E-state index is 12.1. The summed E-state index contributed by atoms with van der Waals surface area (Å²) < 4.78 is 7.31. The summed E-state index contributed by atoms with van der Waals surface area (Å²) in [4.78, 5) is 25.1. The Labute approximate surface area is 92.2 Å². The third-order valence-corrected chi connectivity index (χ3v) is 3.13. The fourth-order valence-corrected chi connectivity index (χ4v) is 2.32. The molecule has 0 spiro atoms. The van der Waals surface area contributed by atoms with Gasteiger partial charge in [-0.1, -0.05) is 0 Å². The second-order valence-corrected chi connectivity index (χ2v) is 4.25. The lowest BCUT2D eigenvalue weighted by molar-refractivity contribution is 0.00682. The van der Waals surface area contributed by atoms with Gasteiger partial charge in [0.1, 0.15) is 5.69 Å². The van der Waals surface area contributed by atoms with Gasteiger partial charge in [0.25, 0.3) is 5.91 Å². The molecular formula is C11H12N2O3. The van der Waals surface area contributed by atoms with Gasteiger partial charge in [-0.2, -0.15) is 0 Å². The maximum absolute atomic E-state index is 12.1. The van der Waals surface area contributed by atoms with Crippen molar-refractivity contribution in [3.8, 4) is 0 Å². The lowest BCUT2D eigenvalue weighted by atomic mass is 10.2. The van der Waals surface area contributed by atoms with Crippen LogP contribution in [0.3, 0.4) is 0 Å². The largest absolute Gasteiger partial charge is 0.354 e. The molecule has 1 fully saturated rings. The molecule has 3 heterocycles. The topological polar surface area (TPSA) is 51.5 Å². The molecule has 1 saturated heterocycles. The number of nitrogens with zero attached hydrogens (tertiary/aromatic N) is 2. The van der Waals surface area contributed by atoms with Gasteiger partial charge in [-0.15, -0.1) is 0 Å². The van der Waals surface area contributed by atoms with Crippen molar-refractivity contribution in [2.75, 3.05) is 6.61 Å². The van der Waals surface area contributed by atoms with Crippen molar-refractivity contribution < 1.29 is 9.53 Å². The van der Waals surface area contributed by atoms with Gasteiger partial charge in [-0.25, -0.2) is 0 Å². The molecule has 0 unspecified atom stereocenters. The number of carbonyl (C=O) groups is 1. The van der Waals surface area contributed by atoms with E-state index in [2.05, 4.69) is 0 Å². The zero-order valence-corrected chi connectivity index (χ0v) is 8.92. The second-order valence-electron chi connectivity index (χ2n) is 4.25. The summed E-state index contributed by atoms with van der Waals surface area (Å²) in [6.45, 7) is 3.12. The van der Waals surface area contributed by atoms with E-state index < -0.39 is 0 Å². The molecule has 0 aromatic carbocycles. The summed E-state index contributed by atoms with van der Waals surface area (Å²) >= 11 is 0. The van der Waals surface area contributed by atoms with E-state index in [0.717, 1.165) is 0 Å². The molecule has 0 bridgehead atoms. The van der Waals surface area contributed by atoms with Crippen molar-refractivity contribution in [1.82, 2.24) is 9.47 Å². The van der Waals surface area contributed by atoms with Crippen LogP contribution in [0.15, 0.2) is 23.1 Å². The van der Waals surface area contributed by atoms with E-state index in [1.54, 1.807) is 15.7 Å². The van der Waals surface area contributed by atoms with E-state index in [9.17, 15) is 9.59 Å². The molecule has 5 heteroatoms. The molecule has 0 aliphatic carbocycles. The fourth-order valence-electron chi connectivity index (χ4n) is 2.32. The first kappa shape index (κ1) is 9.59. The predicted octanol–water partition coefficient (Wildman–Crippen LogP) is 0.0489. The van der Waals surface area contributed by atoms with Crippen LogP contribution in [-0.4, -0.2) is 34.3 Å². The molecule has 2 atom stereocenters. The van der Waals surface area contributed by atoms with Crippen LogP contribution in [0.25, 0.3) is 0 Å². The molecule has 0 saturated carbocycles. The first-order chi connectivity index (χ1) is 7.66. The quantitative estimate of drug-likeness (QED) is 0.620. The lowest BCUT2D eigenvalue weighted by Gasteiger charge is -2.33. The van der Waals surface area contributed by atoms with Crippen molar-refractivity contribution >= 4 is 5.91 Å². The molecule has 1 amide bonds. The van der Waals surface area contributed by atoms with E-state index >= 15 is 0 Å². The van der Waals surface area contributed by atoms with E-state index in [0.29, 0.717) is 18.8 Å². The number of fused-ring (bicyclic) bond motifs is 2. The summed E-state index contributed by atoms with van der Waals surface area (Å²) in [6, 6.07) is 2.94. The summed E-state index contributed by atoms with van der Waals surface area (Å²) in [7, 11) is 0. The Bertz CT molecular complexity index is 508. The molecule has 2 aliphatic heterocycles. The summed E-state index contributed by atoms with van der Waals surface area (Å²) in [5.74, 6) is -0.112. The molecule has 5 nitrogen and oxygen atoms in total. The Morgan fingerprint density at radius 1 is 1.44 bits per heavy atom. The summed E-state index contributed by atoms with van der Waals surface area (Å²) in [5.41, 5.74) is 0.326. The molecule has 1 aromatic rings. The molecule has 0 N–H and O–H groups in total. The van der Waals surface area contributed by atoms with Crippen LogP contribution in [0.4, 0.5) is 0 Å². The normalized spacial score (nSPS) is 27.8. The number of pyridine rings is 1. The summed E-state index contributed by atoms with van der Waals surface area (Å²) in [5, 5.41) is 0. The van der Waals surface area contributed by atoms with Crippen LogP contribution in [0.2, 0.25) is 0 Å². The minimum atomic E-state index is -0.183. The smallest absolute Gasteiger partial charge is 0.273 e. The van der Waals surface area contributed by atoms with Gasteiger partial charge in [0, 0.05) is 18.3 Å². The Kier molecular flexibility index (Phi) is 1.91. The molecular weight excluding hydrogens is 208 g/mol. The number of amides is 1. The Hall–Kier alpha value is -1.62. The van der Waals surface area contributed by atoms with E-state index in [1.807, 2.05) is 6.92 Å². The Morgan fingerprint density at radius 3 is 3.06 bits per heavy atom. The number of carbonyl (C=O) groups excluding carboxylic acids is 1. The van der Waals surface area contributed by atoms with Crippen molar-refractivity contribution in [3.63, 3.8) is 0 Å². The minimum Gasteiger partial charge on any atom is -0.354 e. The van der Waals surface area contributed by atoms with Gasteiger partial charge in [-0.05, 0) is 6.92 Å². The molecule has 16 heavy (non-hydrogen) atoms. The number of hydrogen-bond acceptors (Lipinski definition) is 3. The highest BCUT2D eigenvalue weighted by Crippen LogP contribution is 2.25. The standard InChI is InChI=1S/C11H12N2O3/c1-7-6-16-10-5-12-3-2-8(14)4-9(12)11(15)13(7)10/h2-4,7,10H,5-6H2,1H3/t7-,10+/m0/s1. The van der Waals surface area contributed by atoms with Crippen molar-refractivity contribution in [2.24, 2.45) is 0 Å². The number of aromatic nitrogens is 1. The van der Waals surface area contributed by atoms with Crippen LogP contribution < -0.4 is 5.43 Å². The highest BCUT2D eigenvalue weighted by atomic mass is 16.5. The average Bonchev–Trinajstić information content (AvgIpc) is 2.62. The molecule has 84 valence electrons. The van der Waals surface area contributed by atoms with Gasteiger partial charge < -0.3 is 14.2 Å². The number of rotatable bonds is 0. The zero-order valence-electron chi connectivity index (χ0n) is 8.92. The lowest BCUT2D eigenvalue weighted by Crippen LogP contribution is -2.48. The molecule has 1 aromatic heterocycles. The van der Waals surface area contributed by atoms with Crippen molar-refractivity contribution in [3.05, 3.63) is 34.2 Å². The fraction of sp³-hybridized carbons (Fsp3) is 0.455. The third-order valence-electron chi connectivity index (χ3n) is 3.13. The monoisotopic (exact) mass is 220 g/mol. The first-order valence-corrected chi connectivity index (χ1v) is 5.31. The number of hydrogen-bond donors (Lipinski definition) is 0. The average molecular weight is 220 g/mol. The van der Waals surface area contributed by atoms with Gasteiger partial charge in [-0.3, -0.25) is 9.59 Å². The predicted molar refractivity (Wildman–Crippen MR) is 56.1 cm³/mol. The zero-order chi connectivity index (χ0) is 11.3. The Morgan fingerprint density at radius 2 is 2.25 bits per heavy atom. The highest BCUT2D eigenvalue weighted by molar-refractivity contribution is 5.93. The van der Waals surface area contributed by atoms with Gasteiger partial charge in [0.05, 0.1) is 19.2 Å². The van der Waals surface area contributed by atoms with Crippen LogP contribution in [-0.2, 0) is 11.3 Å². The van der Waals surface area contributed by atoms with Crippen molar-refractivity contribution in [2.45, 2.75) is 25.7 Å². The van der Waals surface area contributed by atoms with Gasteiger partial charge >= 0.3 is 0 Å². The van der Waals surface area contributed by atoms with Crippen LogP contribution >= 0.6 is 0 Å². The summed E-state index contributed by atoms with van der Waals surface area (Å²) in [6.07, 6.45) is 1.47. The SMILES string of the molecule is C[C@H]1CO[C@@H]2Cn3ccc(=O)cc3C(=O)N12. The molecule has 2 aliphatic rings. The maximum Gasteiger partial charge on any atom is 0.273 e. The van der Waals surface area contributed by atoms with Gasteiger partial charge in [0.2, 0.25) is 0 Å². The van der Waals surface area contributed by atoms with E-state index in [1.165, 1.54) is 12.1 Å². The second kappa shape index (κ2) is 3.18. The third kappa shape index (κ3) is 1.21. The van der Waals surface area contributed by atoms with Crippen LogP contribution in [0.5, 0.6) is 0 Å². The van der Waals surface area contributed by atoms with E-state index in [4.69, 9.17) is 4.74 Å². The van der Waals surface area contributed by atoms with E-state index in [-0.39, 0.29) is 23.6 Å². The number of ether oxygens (including phenoxy) is 1. The van der Waals surface area contributed by atoms with Gasteiger partial charge in [0.15, 0.2) is 11.7 Å². The minimum absolute atomic E-state index is 0.0848. The van der Waals surface area contributed by atoms with Crippen LogP contribution in [0.1, 0.15) is 17.4 Å². The molecule has 0 radical (unpaired) electrons. The highest BCUT2D eigenvalue weighted by Gasteiger charge is 2.40. The van der Waals surface area contributed by atoms with Crippen molar-refractivity contribution in [1.29, 1.82) is 0 Å². The Balaban J connectivity index is 2.11. The first-order valence-electron chi connectivity index (χ1n) is 5.31. The van der Waals surface area contributed by atoms with Crippen LogP contribution in [0, 0.1) is 0 Å².